The van der Waals surface area contributed by atoms with E-state index in [1.54, 1.807) is 57.2 Å². The summed E-state index contributed by atoms with van der Waals surface area (Å²) >= 11 is 3.30. The smallest absolute Gasteiger partial charge is 0.409 e. The normalized spacial score (nSPS) is 13.0. The lowest BCUT2D eigenvalue weighted by Crippen LogP contribution is -2.43. The number of nitrogens with one attached hydrogen (secondary N) is 1. The van der Waals surface area contributed by atoms with Crippen molar-refractivity contribution in [2.75, 3.05) is 0 Å². The summed E-state index contributed by atoms with van der Waals surface area (Å²) in [5, 5.41) is 21.1. The number of amides is 1. The number of rotatable bonds is 7. The van der Waals surface area contributed by atoms with Crippen LogP contribution in [0.1, 0.15) is 38.0 Å². The number of carbonyl (C=O) groups is 3. The maximum Gasteiger partial charge on any atom is 0.409 e. The molecular weight excluding hydrogens is 470 g/mol. The standard InChI is InChI=1S/C22H24BrNO7/c1-22(2,3)31-20(28)18(14-6-8-15(23)9-7-14)30-21(29)24-17(19(26)27)12-13-4-10-16(25)11-5-13/h4-11,17-18,25H,12H2,1-3H3,(H,24,29)(H,26,27)/t17-,18?/m0/s1. The van der Waals surface area contributed by atoms with E-state index in [1.165, 1.54) is 12.1 Å². The predicted octanol–water partition coefficient (Wildman–Crippen LogP) is 3.96. The Balaban J connectivity index is 2.16. The van der Waals surface area contributed by atoms with Crippen molar-refractivity contribution in [1.29, 1.82) is 0 Å². The maximum atomic E-state index is 12.6. The molecule has 166 valence electrons. The summed E-state index contributed by atoms with van der Waals surface area (Å²) < 4.78 is 11.4. The van der Waals surface area contributed by atoms with Gasteiger partial charge in [-0.2, -0.15) is 0 Å². The van der Waals surface area contributed by atoms with E-state index in [9.17, 15) is 24.6 Å². The van der Waals surface area contributed by atoms with Gasteiger partial charge < -0.3 is 25.0 Å². The van der Waals surface area contributed by atoms with Gasteiger partial charge in [-0.3, -0.25) is 0 Å². The largest absolute Gasteiger partial charge is 0.508 e. The van der Waals surface area contributed by atoms with Crippen molar-refractivity contribution in [1.82, 2.24) is 5.32 Å². The molecule has 0 bridgehead atoms. The summed E-state index contributed by atoms with van der Waals surface area (Å²) in [4.78, 5) is 36.7. The summed E-state index contributed by atoms with van der Waals surface area (Å²) in [6.45, 7) is 5.05. The first-order valence-corrected chi connectivity index (χ1v) is 10.2. The van der Waals surface area contributed by atoms with Crippen molar-refractivity contribution < 1.29 is 34.1 Å². The van der Waals surface area contributed by atoms with Crippen LogP contribution >= 0.6 is 15.9 Å². The molecule has 0 aromatic heterocycles. The second kappa shape index (κ2) is 10.3. The summed E-state index contributed by atoms with van der Waals surface area (Å²) in [6, 6.07) is 11.2. The number of hydrogen-bond donors (Lipinski definition) is 3. The highest BCUT2D eigenvalue weighted by molar-refractivity contribution is 9.10. The van der Waals surface area contributed by atoms with Crippen LogP contribution in [0.2, 0.25) is 0 Å². The van der Waals surface area contributed by atoms with Crippen molar-refractivity contribution in [2.24, 2.45) is 0 Å². The lowest BCUT2D eigenvalue weighted by molar-refractivity contribution is -0.165. The van der Waals surface area contributed by atoms with Crippen molar-refractivity contribution in [3.8, 4) is 5.75 Å². The van der Waals surface area contributed by atoms with E-state index < -0.39 is 35.8 Å². The Morgan fingerprint density at radius 1 is 1.03 bits per heavy atom. The van der Waals surface area contributed by atoms with Crippen LogP contribution < -0.4 is 5.32 Å². The van der Waals surface area contributed by atoms with E-state index in [-0.39, 0.29) is 12.2 Å². The lowest BCUT2D eigenvalue weighted by atomic mass is 10.1. The van der Waals surface area contributed by atoms with Gasteiger partial charge in [0, 0.05) is 16.5 Å². The minimum Gasteiger partial charge on any atom is -0.508 e. The molecule has 0 radical (unpaired) electrons. The number of benzene rings is 2. The van der Waals surface area contributed by atoms with Crippen molar-refractivity contribution in [2.45, 2.75) is 44.9 Å². The van der Waals surface area contributed by atoms with Gasteiger partial charge in [-0.15, -0.1) is 0 Å². The van der Waals surface area contributed by atoms with E-state index >= 15 is 0 Å². The molecule has 0 aliphatic heterocycles. The van der Waals surface area contributed by atoms with Gasteiger partial charge in [0.1, 0.15) is 17.4 Å². The molecule has 0 spiro atoms. The zero-order chi connectivity index (χ0) is 23.2. The Labute approximate surface area is 188 Å². The number of carbonyl (C=O) groups excluding carboxylic acids is 2. The molecule has 0 fully saturated rings. The number of alkyl carbamates (subject to hydrolysis) is 1. The van der Waals surface area contributed by atoms with E-state index in [4.69, 9.17) is 9.47 Å². The van der Waals surface area contributed by atoms with Crippen LogP contribution in [0.4, 0.5) is 4.79 Å². The minimum absolute atomic E-state index is 0.0395. The Morgan fingerprint density at radius 3 is 2.13 bits per heavy atom. The second-order valence-corrected chi connectivity index (χ2v) is 8.69. The number of hydrogen-bond acceptors (Lipinski definition) is 6. The van der Waals surface area contributed by atoms with E-state index in [0.717, 1.165) is 4.47 Å². The van der Waals surface area contributed by atoms with Crippen LogP contribution in [-0.4, -0.2) is 39.9 Å². The fourth-order valence-electron chi connectivity index (χ4n) is 2.60. The number of phenolic OH excluding ortho intramolecular Hbond substituents is 1. The number of ether oxygens (including phenoxy) is 2. The highest BCUT2D eigenvalue weighted by Crippen LogP contribution is 2.24. The molecule has 0 aliphatic carbocycles. The van der Waals surface area contributed by atoms with Crippen molar-refractivity contribution >= 4 is 34.0 Å². The first-order valence-electron chi connectivity index (χ1n) is 9.41. The molecule has 1 amide bonds. The zero-order valence-corrected chi connectivity index (χ0v) is 18.9. The number of halogens is 1. The molecule has 8 nitrogen and oxygen atoms in total. The molecule has 3 N–H and O–H groups in total. The quantitative estimate of drug-likeness (QED) is 0.498. The maximum absolute atomic E-state index is 12.6. The number of carboxylic acids is 1. The van der Waals surface area contributed by atoms with Crippen LogP contribution in [0.15, 0.2) is 53.0 Å². The average molecular weight is 494 g/mol. The highest BCUT2D eigenvalue weighted by atomic mass is 79.9. The topological polar surface area (TPSA) is 122 Å². The van der Waals surface area contributed by atoms with Crippen LogP contribution in [0.3, 0.4) is 0 Å². The fraction of sp³-hybridized carbons (Fsp3) is 0.318. The van der Waals surface area contributed by atoms with Crippen LogP contribution in [0.5, 0.6) is 5.75 Å². The van der Waals surface area contributed by atoms with Crippen LogP contribution in [0, 0.1) is 0 Å². The third-order valence-electron chi connectivity index (χ3n) is 3.98. The van der Waals surface area contributed by atoms with Gasteiger partial charge in [-0.25, -0.2) is 14.4 Å². The summed E-state index contributed by atoms with van der Waals surface area (Å²) in [5.41, 5.74) is 0.146. The number of aromatic hydroxyl groups is 1. The third kappa shape index (κ3) is 7.93. The number of phenols is 1. The van der Waals surface area contributed by atoms with E-state index in [0.29, 0.717) is 11.1 Å². The van der Waals surface area contributed by atoms with Gasteiger partial charge in [-0.05, 0) is 50.6 Å². The average Bonchev–Trinajstić information content (AvgIpc) is 2.66. The fourth-order valence-corrected chi connectivity index (χ4v) is 2.86. The zero-order valence-electron chi connectivity index (χ0n) is 17.3. The molecule has 2 rings (SSSR count). The second-order valence-electron chi connectivity index (χ2n) is 7.78. The summed E-state index contributed by atoms with van der Waals surface area (Å²) in [7, 11) is 0. The van der Waals surface area contributed by atoms with Crippen LogP contribution in [-0.2, 0) is 25.5 Å². The first kappa shape index (κ1) is 24.2. The SMILES string of the molecule is CC(C)(C)OC(=O)C(OC(=O)N[C@@H](Cc1ccc(O)cc1)C(=O)O)c1ccc(Br)cc1. The van der Waals surface area contributed by atoms with E-state index in [2.05, 4.69) is 21.2 Å². The van der Waals surface area contributed by atoms with Gasteiger partial charge in [0.15, 0.2) is 0 Å². The number of aliphatic carboxylic acids is 1. The molecular formula is C22H24BrNO7. The summed E-state index contributed by atoms with van der Waals surface area (Å²) in [6.07, 6.45) is -2.50. The van der Waals surface area contributed by atoms with Crippen molar-refractivity contribution in [3.63, 3.8) is 0 Å². The molecule has 2 atom stereocenters. The van der Waals surface area contributed by atoms with Gasteiger partial charge in [0.25, 0.3) is 0 Å². The van der Waals surface area contributed by atoms with Gasteiger partial charge in [-0.1, -0.05) is 40.2 Å². The highest BCUT2D eigenvalue weighted by Gasteiger charge is 2.31. The van der Waals surface area contributed by atoms with Gasteiger partial charge in [0.05, 0.1) is 0 Å². The summed E-state index contributed by atoms with van der Waals surface area (Å²) in [5.74, 6) is -2.02. The van der Waals surface area contributed by atoms with Crippen molar-refractivity contribution in [3.05, 3.63) is 64.1 Å². The molecule has 0 saturated carbocycles. The molecule has 0 saturated heterocycles. The van der Waals surface area contributed by atoms with Crippen LogP contribution in [0.25, 0.3) is 0 Å². The number of esters is 1. The Bertz CT molecular complexity index is 920. The molecule has 2 aromatic rings. The molecule has 31 heavy (non-hydrogen) atoms. The number of carboxylic acid groups (broad SMARTS) is 1. The molecule has 9 heteroatoms. The predicted molar refractivity (Wildman–Crippen MR) is 116 cm³/mol. The van der Waals surface area contributed by atoms with E-state index in [1.807, 2.05) is 0 Å². The molecule has 2 aromatic carbocycles. The molecule has 1 unspecified atom stereocenters. The van der Waals surface area contributed by atoms with Gasteiger partial charge in [0.2, 0.25) is 6.10 Å². The molecule has 0 heterocycles. The Morgan fingerprint density at radius 2 is 1.61 bits per heavy atom. The minimum atomic E-state index is -1.38. The lowest BCUT2D eigenvalue weighted by Gasteiger charge is -2.25. The monoisotopic (exact) mass is 493 g/mol. The Hall–Kier alpha value is -3.07. The first-order chi connectivity index (χ1) is 14.4. The third-order valence-corrected chi connectivity index (χ3v) is 4.51. The molecule has 0 aliphatic rings. The Kier molecular flexibility index (Phi) is 8.04. The van der Waals surface area contributed by atoms with Gasteiger partial charge >= 0.3 is 18.0 Å².